The van der Waals surface area contributed by atoms with Gasteiger partial charge in [-0.1, -0.05) is 29.4 Å². The van der Waals surface area contributed by atoms with Gasteiger partial charge < -0.3 is 9.88 Å². The molecule has 26 heavy (non-hydrogen) atoms. The minimum Gasteiger partial charge on any atom is -0.325 e. The number of carbonyl (C=O) groups is 1. The number of aromatic nitrogens is 3. The number of anilines is 1. The molecule has 0 unspecified atom stereocenters. The number of hydrogen-bond donors (Lipinski definition) is 1. The van der Waals surface area contributed by atoms with E-state index in [1.165, 1.54) is 34.8 Å². The van der Waals surface area contributed by atoms with Crippen molar-refractivity contribution >= 4 is 46.3 Å². The van der Waals surface area contributed by atoms with E-state index in [1.54, 1.807) is 18.3 Å². The average molecular weight is 411 g/mol. The normalized spacial score (nSPS) is 12.2. The van der Waals surface area contributed by atoms with E-state index in [4.69, 9.17) is 11.6 Å². The third-order valence-electron chi connectivity index (χ3n) is 3.68. The van der Waals surface area contributed by atoms with Crippen LogP contribution in [0.15, 0.2) is 40.9 Å². The van der Waals surface area contributed by atoms with Crippen molar-refractivity contribution in [1.82, 2.24) is 14.8 Å². The van der Waals surface area contributed by atoms with Crippen LogP contribution < -0.4 is 5.32 Å². The summed E-state index contributed by atoms with van der Waals surface area (Å²) >= 11 is 8.72. The highest BCUT2D eigenvalue weighted by Crippen LogP contribution is 2.25. The summed E-state index contributed by atoms with van der Waals surface area (Å²) in [5.74, 6) is 0.0952. The Kier molecular flexibility index (Phi) is 5.95. The van der Waals surface area contributed by atoms with Gasteiger partial charge in [-0.15, -0.1) is 21.5 Å². The molecule has 3 rings (SSSR count). The van der Waals surface area contributed by atoms with Crippen molar-refractivity contribution in [1.29, 1.82) is 0 Å². The summed E-state index contributed by atoms with van der Waals surface area (Å²) in [7, 11) is 1.88. The predicted molar refractivity (Wildman–Crippen MR) is 103 cm³/mol. The second-order valence-corrected chi connectivity index (χ2v) is 8.34. The smallest absolute Gasteiger partial charge is 0.237 e. The topological polar surface area (TPSA) is 59.8 Å². The first kappa shape index (κ1) is 18.9. The fourth-order valence-corrected chi connectivity index (χ4v) is 3.92. The summed E-state index contributed by atoms with van der Waals surface area (Å²) < 4.78 is 15.1. The van der Waals surface area contributed by atoms with E-state index in [-0.39, 0.29) is 10.9 Å². The molecule has 2 aromatic heterocycles. The second-order valence-electron chi connectivity index (χ2n) is 5.59. The zero-order valence-electron chi connectivity index (χ0n) is 14.1. The number of hydrogen-bond acceptors (Lipinski definition) is 5. The standard InChI is InChI=1S/C17H16ClFN4OS2/c1-10(16(24)20-11-5-6-14(19)13(18)8-11)26-17-22-21-15(23(17)2)9-12-4-3-7-25-12/h3-8,10H,9H2,1-2H3,(H,20,24)/t10-/m1/s1. The summed E-state index contributed by atoms with van der Waals surface area (Å²) in [4.78, 5) is 13.6. The van der Waals surface area contributed by atoms with E-state index < -0.39 is 11.1 Å². The molecular formula is C17H16ClFN4OS2. The molecule has 1 N–H and O–H groups in total. The third kappa shape index (κ3) is 4.44. The summed E-state index contributed by atoms with van der Waals surface area (Å²) in [6.45, 7) is 1.78. The van der Waals surface area contributed by atoms with Crippen LogP contribution in [0.5, 0.6) is 0 Å². The molecule has 0 aliphatic carbocycles. The quantitative estimate of drug-likeness (QED) is 0.612. The van der Waals surface area contributed by atoms with E-state index in [2.05, 4.69) is 21.6 Å². The monoisotopic (exact) mass is 410 g/mol. The first-order chi connectivity index (χ1) is 12.4. The number of halogens is 2. The zero-order chi connectivity index (χ0) is 18.7. The van der Waals surface area contributed by atoms with Crippen molar-refractivity contribution < 1.29 is 9.18 Å². The van der Waals surface area contributed by atoms with E-state index >= 15 is 0 Å². The number of carbonyl (C=O) groups excluding carboxylic acids is 1. The predicted octanol–water partition coefficient (Wildman–Crippen LogP) is 4.38. The fourth-order valence-electron chi connectivity index (χ4n) is 2.20. The van der Waals surface area contributed by atoms with Gasteiger partial charge in [0, 0.05) is 24.0 Å². The Morgan fingerprint density at radius 1 is 1.42 bits per heavy atom. The summed E-state index contributed by atoms with van der Waals surface area (Å²) in [6.07, 6.45) is 0.705. The molecule has 0 fully saturated rings. The second kappa shape index (κ2) is 8.20. The number of rotatable bonds is 6. The molecule has 1 atom stereocenters. The van der Waals surface area contributed by atoms with Crippen LogP contribution in [0.1, 0.15) is 17.6 Å². The largest absolute Gasteiger partial charge is 0.325 e. The number of thiophene rings is 1. The van der Waals surface area contributed by atoms with Crippen molar-refractivity contribution in [2.24, 2.45) is 7.05 Å². The van der Waals surface area contributed by atoms with E-state index in [0.29, 0.717) is 17.3 Å². The Bertz CT molecular complexity index is 914. The lowest BCUT2D eigenvalue weighted by molar-refractivity contribution is -0.115. The van der Waals surface area contributed by atoms with Gasteiger partial charge >= 0.3 is 0 Å². The van der Waals surface area contributed by atoms with Crippen LogP contribution in [-0.2, 0) is 18.3 Å². The molecule has 0 spiro atoms. The SMILES string of the molecule is C[C@@H](Sc1nnc(Cc2cccs2)n1C)C(=O)Nc1ccc(F)c(Cl)c1. The maximum absolute atomic E-state index is 13.2. The molecule has 0 saturated heterocycles. The molecule has 1 amide bonds. The van der Waals surface area contributed by atoms with Crippen LogP contribution in [0.25, 0.3) is 0 Å². The van der Waals surface area contributed by atoms with E-state index in [1.807, 2.05) is 23.1 Å². The van der Waals surface area contributed by atoms with Crippen LogP contribution in [0, 0.1) is 5.82 Å². The van der Waals surface area contributed by atoms with Crippen molar-refractivity contribution in [3.63, 3.8) is 0 Å². The van der Waals surface area contributed by atoms with Crippen molar-refractivity contribution in [3.05, 3.63) is 57.3 Å². The zero-order valence-corrected chi connectivity index (χ0v) is 16.5. The van der Waals surface area contributed by atoms with Crippen LogP contribution in [-0.4, -0.2) is 25.9 Å². The number of amides is 1. The lowest BCUT2D eigenvalue weighted by atomic mass is 10.3. The van der Waals surface area contributed by atoms with Gasteiger partial charge in [-0.25, -0.2) is 4.39 Å². The Labute approximate surface area is 163 Å². The maximum atomic E-state index is 13.2. The lowest BCUT2D eigenvalue weighted by Crippen LogP contribution is -2.22. The molecule has 9 heteroatoms. The highest BCUT2D eigenvalue weighted by molar-refractivity contribution is 8.00. The third-order valence-corrected chi connectivity index (χ3v) is 5.98. The molecule has 136 valence electrons. The van der Waals surface area contributed by atoms with Gasteiger partial charge in [-0.2, -0.15) is 0 Å². The maximum Gasteiger partial charge on any atom is 0.237 e. The molecule has 1 aromatic carbocycles. The van der Waals surface area contributed by atoms with Crippen molar-refractivity contribution in [2.45, 2.75) is 23.8 Å². The molecule has 0 saturated carbocycles. The Morgan fingerprint density at radius 2 is 2.23 bits per heavy atom. The minimum atomic E-state index is -0.524. The lowest BCUT2D eigenvalue weighted by Gasteiger charge is -2.12. The molecule has 0 radical (unpaired) electrons. The minimum absolute atomic E-state index is 0.0328. The highest BCUT2D eigenvalue weighted by Gasteiger charge is 2.19. The van der Waals surface area contributed by atoms with Crippen molar-refractivity contribution in [2.75, 3.05) is 5.32 Å². The van der Waals surface area contributed by atoms with Crippen LogP contribution in [0.2, 0.25) is 5.02 Å². The fraction of sp³-hybridized carbons (Fsp3) is 0.235. The van der Waals surface area contributed by atoms with Gasteiger partial charge in [0.2, 0.25) is 5.91 Å². The van der Waals surface area contributed by atoms with Gasteiger partial charge in [0.1, 0.15) is 11.6 Å². The summed E-state index contributed by atoms with van der Waals surface area (Å²) in [5.41, 5.74) is 0.449. The molecule has 0 aliphatic rings. The first-order valence-electron chi connectivity index (χ1n) is 7.77. The van der Waals surface area contributed by atoms with Gasteiger partial charge in [-0.3, -0.25) is 4.79 Å². The summed E-state index contributed by atoms with van der Waals surface area (Å²) in [5, 5.41) is 13.4. The van der Waals surface area contributed by atoms with E-state index in [0.717, 1.165) is 5.82 Å². The Morgan fingerprint density at radius 3 is 2.92 bits per heavy atom. The van der Waals surface area contributed by atoms with Gasteiger partial charge in [-0.05, 0) is 36.6 Å². The summed E-state index contributed by atoms with van der Waals surface area (Å²) in [6, 6.07) is 8.12. The number of benzene rings is 1. The molecule has 2 heterocycles. The van der Waals surface area contributed by atoms with Crippen LogP contribution in [0.4, 0.5) is 10.1 Å². The molecule has 0 bridgehead atoms. The van der Waals surface area contributed by atoms with Crippen LogP contribution in [0.3, 0.4) is 0 Å². The highest BCUT2D eigenvalue weighted by atomic mass is 35.5. The molecule has 3 aromatic rings. The van der Waals surface area contributed by atoms with Gasteiger partial charge in [0.25, 0.3) is 0 Å². The Hall–Kier alpha value is -1.90. The first-order valence-corrected chi connectivity index (χ1v) is 9.91. The number of nitrogens with one attached hydrogen (secondary N) is 1. The van der Waals surface area contributed by atoms with Gasteiger partial charge in [0.15, 0.2) is 5.16 Å². The molecule has 5 nitrogen and oxygen atoms in total. The molecular weight excluding hydrogens is 395 g/mol. The average Bonchev–Trinajstić information content (AvgIpc) is 3.23. The Balaban J connectivity index is 1.63. The number of thioether (sulfide) groups is 1. The van der Waals surface area contributed by atoms with Gasteiger partial charge in [0.05, 0.1) is 10.3 Å². The van der Waals surface area contributed by atoms with Crippen LogP contribution >= 0.6 is 34.7 Å². The number of nitrogens with zero attached hydrogens (tertiary/aromatic N) is 3. The van der Waals surface area contributed by atoms with E-state index in [9.17, 15) is 9.18 Å². The molecule has 0 aliphatic heterocycles. The van der Waals surface area contributed by atoms with Crippen molar-refractivity contribution in [3.8, 4) is 0 Å².